The fraction of sp³-hybridized carbons (Fsp3) is 0.917. The van der Waals surface area contributed by atoms with Crippen LogP contribution in [-0.4, -0.2) is 29.0 Å². The van der Waals surface area contributed by atoms with Crippen molar-refractivity contribution < 1.29 is 0 Å². The van der Waals surface area contributed by atoms with Crippen molar-refractivity contribution in [3.8, 4) is 0 Å². The van der Waals surface area contributed by atoms with Gasteiger partial charge < -0.3 is 11.1 Å². The van der Waals surface area contributed by atoms with Gasteiger partial charge in [-0.3, -0.25) is 4.99 Å². The van der Waals surface area contributed by atoms with Crippen LogP contribution in [0.3, 0.4) is 0 Å². The molecule has 2 unspecified atom stereocenters. The summed E-state index contributed by atoms with van der Waals surface area (Å²) in [7, 11) is 0. The smallest absolute Gasteiger partial charge is 0.189 e. The lowest BCUT2D eigenvalue weighted by atomic mass is 9.95. The Morgan fingerprint density at radius 3 is 2.62 bits per heavy atom. The second kappa shape index (κ2) is 5.80. The molecule has 94 valence electrons. The van der Waals surface area contributed by atoms with Gasteiger partial charge in [-0.05, 0) is 46.3 Å². The molecule has 1 saturated carbocycles. The molecular weight excluding hydrogens is 218 g/mol. The topological polar surface area (TPSA) is 50.4 Å². The molecule has 1 rings (SSSR count). The summed E-state index contributed by atoms with van der Waals surface area (Å²) in [5.74, 6) is 0.597. The molecular formula is C12H25N3S. The van der Waals surface area contributed by atoms with Crippen molar-refractivity contribution >= 4 is 17.7 Å². The zero-order chi connectivity index (χ0) is 12.2. The van der Waals surface area contributed by atoms with Gasteiger partial charge in [0.2, 0.25) is 0 Å². The molecule has 2 atom stereocenters. The van der Waals surface area contributed by atoms with Gasteiger partial charge in [0, 0.05) is 10.8 Å². The molecule has 1 fully saturated rings. The summed E-state index contributed by atoms with van der Waals surface area (Å²) in [6.07, 6.45) is 7.16. The average Bonchev–Trinajstić information content (AvgIpc) is 2.15. The molecule has 16 heavy (non-hydrogen) atoms. The maximum absolute atomic E-state index is 5.91. The van der Waals surface area contributed by atoms with Gasteiger partial charge in [-0.25, -0.2) is 0 Å². The molecule has 0 spiro atoms. The summed E-state index contributed by atoms with van der Waals surface area (Å²) >= 11 is 1.96. The van der Waals surface area contributed by atoms with Crippen molar-refractivity contribution in [1.29, 1.82) is 0 Å². The zero-order valence-electron chi connectivity index (χ0n) is 10.9. The summed E-state index contributed by atoms with van der Waals surface area (Å²) in [4.78, 5) is 4.59. The molecule has 1 aliphatic rings. The van der Waals surface area contributed by atoms with Crippen molar-refractivity contribution in [3.63, 3.8) is 0 Å². The lowest BCUT2D eigenvalue weighted by molar-refractivity contribution is 0.447. The molecule has 0 saturated heterocycles. The van der Waals surface area contributed by atoms with Gasteiger partial charge in [0.15, 0.2) is 5.96 Å². The normalized spacial score (nSPS) is 27.9. The van der Waals surface area contributed by atoms with Gasteiger partial charge in [-0.15, -0.1) is 0 Å². The van der Waals surface area contributed by atoms with Crippen molar-refractivity contribution in [2.24, 2.45) is 10.7 Å². The molecule has 1 aliphatic carbocycles. The number of hydrogen-bond acceptors (Lipinski definition) is 2. The summed E-state index contributed by atoms with van der Waals surface area (Å²) in [6, 6.07) is 0.418. The highest BCUT2D eigenvalue weighted by Crippen LogP contribution is 2.28. The van der Waals surface area contributed by atoms with Gasteiger partial charge in [0.05, 0.1) is 6.04 Å². The predicted molar refractivity (Wildman–Crippen MR) is 74.1 cm³/mol. The summed E-state index contributed by atoms with van der Waals surface area (Å²) in [5, 5.41) is 3.99. The van der Waals surface area contributed by atoms with Gasteiger partial charge in [-0.2, -0.15) is 11.8 Å². The lowest BCUT2D eigenvalue weighted by Crippen LogP contribution is -2.45. The van der Waals surface area contributed by atoms with E-state index in [1.54, 1.807) is 0 Å². The third-order valence-corrected chi connectivity index (χ3v) is 3.85. The Hall–Kier alpha value is -0.380. The highest BCUT2D eigenvalue weighted by atomic mass is 32.2. The minimum Gasteiger partial charge on any atom is -0.370 e. The Balaban J connectivity index is 2.48. The zero-order valence-corrected chi connectivity index (χ0v) is 11.7. The van der Waals surface area contributed by atoms with Crippen molar-refractivity contribution in [2.45, 2.75) is 63.3 Å². The van der Waals surface area contributed by atoms with Gasteiger partial charge in [-0.1, -0.05) is 6.42 Å². The number of rotatable bonds is 2. The van der Waals surface area contributed by atoms with E-state index in [2.05, 4.69) is 37.3 Å². The molecule has 0 aromatic heterocycles. The minimum atomic E-state index is 0.00115. The number of nitrogens with two attached hydrogens (primary N) is 1. The maximum atomic E-state index is 5.91. The minimum absolute atomic E-state index is 0.00115. The summed E-state index contributed by atoms with van der Waals surface area (Å²) in [6.45, 7) is 6.29. The van der Waals surface area contributed by atoms with Crippen LogP contribution >= 0.6 is 11.8 Å². The first-order chi connectivity index (χ1) is 7.40. The second-order valence-electron chi connectivity index (χ2n) is 5.57. The highest BCUT2D eigenvalue weighted by molar-refractivity contribution is 7.99. The fourth-order valence-corrected chi connectivity index (χ4v) is 2.88. The van der Waals surface area contributed by atoms with E-state index in [1.807, 2.05) is 11.8 Å². The number of nitrogens with zero attached hydrogens (tertiary/aromatic N) is 1. The number of hydrogen-bond donors (Lipinski definition) is 2. The number of aliphatic imine (C=N–C) groups is 1. The number of nitrogens with one attached hydrogen (secondary N) is 1. The maximum Gasteiger partial charge on any atom is 0.189 e. The third kappa shape index (κ3) is 5.10. The molecule has 0 aliphatic heterocycles. The Bertz CT molecular complexity index is 245. The van der Waals surface area contributed by atoms with Crippen molar-refractivity contribution in [2.75, 3.05) is 6.26 Å². The van der Waals surface area contributed by atoms with E-state index in [-0.39, 0.29) is 5.54 Å². The molecule has 0 amide bonds. The lowest BCUT2D eigenvalue weighted by Gasteiger charge is -2.27. The van der Waals surface area contributed by atoms with Gasteiger partial charge >= 0.3 is 0 Å². The van der Waals surface area contributed by atoms with E-state index in [9.17, 15) is 0 Å². The highest BCUT2D eigenvalue weighted by Gasteiger charge is 2.21. The third-order valence-electron chi connectivity index (χ3n) is 2.76. The van der Waals surface area contributed by atoms with Crippen LogP contribution in [0.15, 0.2) is 4.99 Å². The largest absolute Gasteiger partial charge is 0.370 e. The standard InChI is InChI=1S/C12H25N3S/c1-12(2,3)15-11(13)14-9-6-5-7-10(8-9)16-4/h9-10H,5-8H2,1-4H3,(H3,13,14,15). The monoisotopic (exact) mass is 243 g/mol. The van der Waals surface area contributed by atoms with E-state index >= 15 is 0 Å². The molecule has 0 aromatic rings. The van der Waals surface area contributed by atoms with Crippen molar-refractivity contribution in [3.05, 3.63) is 0 Å². The second-order valence-corrected chi connectivity index (χ2v) is 6.71. The molecule has 0 heterocycles. The molecule has 0 radical (unpaired) electrons. The van der Waals surface area contributed by atoms with Crippen LogP contribution in [0.25, 0.3) is 0 Å². The van der Waals surface area contributed by atoms with E-state index in [0.29, 0.717) is 12.0 Å². The fourth-order valence-electron chi connectivity index (χ4n) is 2.06. The van der Waals surface area contributed by atoms with Crippen molar-refractivity contribution in [1.82, 2.24) is 5.32 Å². The van der Waals surface area contributed by atoms with Crippen LogP contribution in [0.1, 0.15) is 46.5 Å². The van der Waals surface area contributed by atoms with Crippen LogP contribution in [-0.2, 0) is 0 Å². The molecule has 0 bridgehead atoms. The van der Waals surface area contributed by atoms with E-state index in [4.69, 9.17) is 5.73 Å². The van der Waals surface area contributed by atoms with E-state index in [0.717, 1.165) is 5.25 Å². The Morgan fingerprint density at radius 2 is 2.06 bits per heavy atom. The SMILES string of the molecule is CSC1CCCC(N=C(N)NC(C)(C)C)C1. The first-order valence-electron chi connectivity index (χ1n) is 6.05. The Kier molecular flexibility index (Phi) is 4.96. The summed E-state index contributed by atoms with van der Waals surface area (Å²) in [5.41, 5.74) is 5.91. The van der Waals surface area contributed by atoms with Gasteiger partial charge in [0.1, 0.15) is 0 Å². The van der Waals surface area contributed by atoms with E-state index in [1.165, 1.54) is 25.7 Å². The summed E-state index contributed by atoms with van der Waals surface area (Å²) < 4.78 is 0. The molecule has 3 N–H and O–H groups in total. The number of guanidine groups is 1. The Morgan fingerprint density at radius 1 is 1.38 bits per heavy atom. The Labute approximate surface area is 104 Å². The van der Waals surface area contributed by atoms with Crippen LogP contribution in [0.4, 0.5) is 0 Å². The van der Waals surface area contributed by atoms with Crippen LogP contribution in [0, 0.1) is 0 Å². The van der Waals surface area contributed by atoms with E-state index < -0.39 is 0 Å². The molecule has 0 aromatic carbocycles. The first-order valence-corrected chi connectivity index (χ1v) is 7.34. The van der Waals surface area contributed by atoms with Crippen LogP contribution < -0.4 is 11.1 Å². The predicted octanol–water partition coefficient (Wildman–Crippen LogP) is 2.36. The number of thioether (sulfide) groups is 1. The molecule has 3 nitrogen and oxygen atoms in total. The quantitative estimate of drug-likeness (QED) is 0.578. The van der Waals surface area contributed by atoms with Crippen LogP contribution in [0.2, 0.25) is 0 Å². The molecule has 4 heteroatoms. The van der Waals surface area contributed by atoms with Gasteiger partial charge in [0.25, 0.3) is 0 Å². The van der Waals surface area contributed by atoms with Crippen LogP contribution in [0.5, 0.6) is 0 Å². The average molecular weight is 243 g/mol. The first kappa shape index (κ1) is 13.7.